The second-order valence-corrected chi connectivity index (χ2v) is 5.61. The van der Waals surface area contributed by atoms with Crippen molar-refractivity contribution < 1.29 is 29.4 Å². The van der Waals surface area contributed by atoms with E-state index in [4.69, 9.17) is 10.2 Å². The van der Waals surface area contributed by atoms with E-state index in [1.807, 2.05) is 0 Å². The van der Waals surface area contributed by atoms with E-state index < -0.39 is 11.9 Å². The van der Waals surface area contributed by atoms with Gasteiger partial charge in [0.2, 0.25) is 11.8 Å². The Morgan fingerprint density at radius 3 is 1.21 bits per heavy atom. The van der Waals surface area contributed by atoms with Gasteiger partial charge in [-0.1, -0.05) is 0 Å². The molecule has 0 heterocycles. The number of carbonyl (C=O) groups is 4. The molecule has 24 heavy (non-hydrogen) atoms. The van der Waals surface area contributed by atoms with Crippen molar-refractivity contribution in [2.24, 2.45) is 0 Å². The minimum Gasteiger partial charge on any atom is -0.481 e. The van der Waals surface area contributed by atoms with Crippen molar-refractivity contribution in [1.82, 2.24) is 10.6 Å². The van der Waals surface area contributed by atoms with E-state index in [-0.39, 0.29) is 24.7 Å². The lowest BCUT2D eigenvalue weighted by molar-refractivity contribution is -0.138. The van der Waals surface area contributed by atoms with Gasteiger partial charge in [-0.05, 0) is 38.5 Å². The molecule has 0 aromatic carbocycles. The maximum absolute atomic E-state index is 11.5. The van der Waals surface area contributed by atoms with Crippen LogP contribution < -0.4 is 10.6 Å². The van der Waals surface area contributed by atoms with Crippen LogP contribution in [0.2, 0.25) is 0 Å². The lowest BCUT2D eigenvalue weighted by Gasteiger charge is -2.06. The fourth-order valence-electron chi connectivity index (χ4n) is 2.01. The zero-order chi connectivity index (χ0) is 18.2. The van der Waals surface area contributed by atoms with Crippen LogP contribution in [0.1, 0.15) is 64.2 Å². The number of carboxylic acids is 2. The summed E-state index contributed by atoms with van der Waals surface area (Å²) in [5.74, 6) is -1.86. The predicted molar refractivity (Wildman–Crippen MR) is 87.5 cm³/mol. The zero-order valence-corrected chi connectivity index (χ0v) is 14.0. The van der Waals surface area contributed by atoms with E-state index in [0.717, 1.165) is 12.8 Å². The Morgan fingerprint density at radius 1 is 0.542 bits per heavy atom. The number of carbonyl (C=O) groups excluding carboxylic acids is 2. The van der Waals surface area contributed by atoms with Gasteiger partial charge in [-0.2, -0.15) is 0 Å². The molecular weight excluding hydrogens is 316 g/mol. The highest BCUT2D eigenvalue weighted by atomic mass is 16.4. The molecule has 0 unspecified atom stereocenters. The van der Waals surface area contributed by atoms with Gasteiger partial charge in [0, 0.05) is 38.8 Å². The van der Waals surface area contributed by atoms with Gasteiger partial charge in [-0.15, -0.1) is 0 Å². The third-order valence-electron chi connectivity index (χ3n) is 3.34. The van der Waals surface area contributed by atoms with Gasteiger partial charge in [-0.25, -0.2) is 0 Å². The Morgan fingerprint density at radius 2 is 0.875 bits per heavy atom. The minimum atomic E-state index is -0.848. The second kappa shape index (κ2) is 14.5. The molecule has 0 saturated heterocycles. The summed E-state index contributed by atoms with van der Waals surface area (Å²) in [5.41, 5.74) is 0. The van der Waals surface area contributed by atoms with Crippen molar-refractivity contribution in [3.05, 3.63) is 0 Å². The molecule has 0 aliphatic rings. The topological polar surface area (TPSA) is 133 Å². The van der Waals surface area contributed by atoms with Crippen molar-refractivity contribution in [3.63, 3.8) is 0 Å². The molecule has 4 N–H and O–H groups in total. The summed E-state index contributed by atoms with van der Waals surface area (Å²) in [4.78, 5) is 43.5. The number of rotatable bonds is 15. The second-order valence-electron chi connectivity index (χ2n) is 5.61. The van der Waals surface area contributed by atoms with Crippen LogP contribution in [0.15, 0.2) is 0 Å². The first-order valence-corrected chi connectivity index (χ1v) is 8.39. The molecule has 0 rings (SSSR count). The van der Waals surface area contributed by atoms with Crippen LogP contribution in [-0.4, -0.2) is 47.1 Å². The summed E-state index contributed by atoms with van der Waals surface area (Å²) < 4.78 is 0. The maximum atomic E-state index is 11.5. The Hall–Kier alpha value is -2.12. The summed E-state index contributed by atoms with van der Waals surface area (Å²) in [7, 11) is 0. The number of amides is 2. The molecule has 0 aliphatic carbocycles. The van der Waals surface area contributed by atoms with Crippen molar-refractivity contribution in [2.45, 2.75) is 64.2 Å². The minimum absolute atomic E-state index is 0.0807. The van der Waals surface area contributed by atoms with Crippen LogP contribution in [0.4, 0.5) is 0 Å². The van der Waals surface area contributed by atoms with E-state index in [9.17, 15) is 19.2 Å². The highest BCUT2D eigenvalue weighted by Crippen LogP contribution is 2.00. The fraction of sp³-hybridized carbons (Fsp3) is 0.750. The van der Waals surface area contributed by atoms with E-state index in [1.54, 1.807) is 0 Å². The standard InChI is InChI=1S/C16H28N2O6/c19-13(7-1-3-9-15(21)22)17-11-5-6-12-18-14(20)8-2-4-10-16(23)24/h1-12H2,(H,17,19)(H,18,20)(H,21,22)(H,23,24). The molecule has 0 aromatic rings. The Labute approximate surface area is 142 Å². The average Bonchev–Trinajstić information content (AvgIpc) is 2.51. The van der Waals surface area contributed by atoms with Gasteiger partial charge in [0.05, 0.1) is 0 Å². The van der Waals surface area contributed by atoms with Crippen LogP contribution in [0.25, 0.3) is 0 Å². The van der Waals surface area contributed by atoms with E-state index in [2.05, 4.69) is 10.6 Å². The molecule has 8 heteroatoms. The number of hydrogen-bond acceptors (Lipinski definition) is 4. The number of aliphatic carboxylic acids is 2. The molecule has 0 spiro atoms. The summed E-state index contributed by atoms with van der Waals surface area (Å²) in [6.45, 7) is 1.07. The molecule has 0 atom stereocenters. The quantitative estimate of drug-likeness (QED) is 0.331. The molecular formula is C16H28N2O6. The van der Waals surface area contributed by atoms with Crippen molar-refractivity contribution in [2.75, 3.05) is 13.1 Å². The lowest BCUT2D eigenvalue weighted by atomic mass is 10.2. The molecule has 0 radical (unpaired) electrons. The van der Waals surface area contributed by atoms with Gasteiger partial charge >= 0.3 is 11.9 Å². The van der Waals surface area contributed by atoms with E-state index >= 15 is 0 Å². The largest absolute Gasteiger partial charge is 0.481 e. The third kappa shape index (κ3) is 16.3. The molecule has 0 bridgehead atoms. The maximum Gasteiger partial charge on any atom is 0.303 e. The van der Waals surface area contributed by atoms with Gasteiger partial charge < -0.3 is 20.8 Å². The van der Waals surface area contributed by atoms with Crippen LogP contribution in [0.5, 0.6) is 0 Å². The normalized spacial score (nSPS) is 10.2. The molecule has 0 aliphatic heterocycles. The molecule has 8 nitrogen and oxygen atoms in total. The first-order valence-electron chi connectivity index (χ1n) is 8.39. The first kappa shape index (κ1) is 21.9. The van der Waals surface area contributed by atoms with Gasteiger partial charge in [0.15, 0.2) is 0 Å². The Balaban J connectivity index is 3.37. The monoisotopic (exact) mass is 344 g/mol. The van der Waals surface area contributed by atoms with Crippen molar-refractivity contribution in [1.29, 1.82) is 0 Å². The van der Waals surface area contributed by atoms with Crippen molar-refractivity contribution in [3.8, 4) is 0 Å². The third-order valence-corrected chi connectivity index (χ3v) is 3.34. The molecule has 0 saturated carbocycles. The summed E-state index contributed by atoms with van der Waals surface area (Å²) in [5, 5.41) is 22.5. The SMILES string of the molecule is O=C(O)CCCCC(=O)NCCCCNC(=O)CCCCC(=O)O. The van der Waals surface area contributed by atoms with Gasteiger partial charge in [0.1, 0.15) is 0 Å². The van der Waals surface area contributed by atoms with Crippen LogP contribution in [0, 0.1) is 0 Å². The number of unbranched alkanes of at least 4 members (excludes halogenated alkanes) is 3. The Kier molecular flexibility index (Phi) is 13.2. The van der Waals surface area contributed by atoms with E-state index in [0.29, 0.717) is 51.6 Å². The lowest BCUT2D eigenvalue weighted by Crippen LogP contribution is -2.27. The molecule has 138 valence electrons. The summed E-state index contributed by atoms with van der Waals surface area (Å²) in [6, 6.07) is 0. The summed E-state index contributed by atoms with van der Waals surface area (Å²) >= 11 is 0. The molecule has 0 fully saturated rings. The van der Waals surface area contributed by atoms with Crippen LogP contribution in [0.3, 0.4) is 0 Å². The number of nitrogens with one attached hydrogen (secondary N) is 2. The first-order chi connectivity index (χ1) is 11.4. The smallest absolute Gasteiger partial charge is 0.303 e. The molecule has 2 amide bonds. The summed E-state index contributed by atoms with van der Waals surface area (Å²) in [6.07, 6.45) is 4.47. The highest BCUT2D eigenvalue weighted by Gasteiger charge is 2.04. The predicted octanol–water partition coefficient (Wildman–Crippen LogP) is 1.29. The van der Waals surface area contributed by atoms with Crippen molar-refractivity contribution >= 4 is 23.8 Å². The fourth-order valence-corrected chi connectivity index (χ4v) is 2.01. The average molecular weight is 344 g/mol. The van der Waals surface area contributed by atoms with Crippen LogP contribution >= 0.6 is 0 Å². The number of hydrogen-bond donors (Lipinski definition) is 4. The molecule has 0 aromatic heterocycles. The Bertz CT molecular complexity index is 373. The highest BCUT2D eigenvalue weighted by molar-refractivity contribution is 5.76. The zero-order valence-electron chi connectivity index (χ0n) is 14.0. The van der Waals surface area contributed by atoms with E-state index in [1.165, 1.54) is 0 Å². The van der Waals surface area contributed by atoms with Gasteiger partial charge in [0.25, 0.3) is 0 Å². The van der Waals surface area contributed by atoms with Crippen LogP contribution in [-0.2, 0) is 19.2 Å². The number of carboxylic acid groups (broad SMARTS) is 2. The van der Waals surface area contributed by atoms with Gasteiger partial charge in [-0.3, -0.25) is 19.2 Å².